The molecule has 3 rings (SSSR count). The number of hydrogen-bond donors (Lipinski definition) is 2. The monoisotopic (exact) mass is 328 g/mol. The molecule has 2 aromatic carbocycles. The van der Waals surface area contributed by atoms with Crippen LogP contribution < -0.4 is 10.3 Å². The Morgan fingerprint density at radius 2 is 1.78 bits per heavy atom. The van der Waals surface area contributed by atoms with Crippen LogP contribution in [0.2, 0.25) is 0 Å². The second-order valence-corrected chi connectivity index (χ2v) is 7.19. The molecule has 0 bridgehead atoms. The van der Waals surface area contributed by atoms with Gasteiger partial charge in [-0.15, -0.1) is 0 Å². The Morgan fingerprint density at radius 3 is 2.52 bits per heavy atom. The molecule has 0 aliphatic rings. The number of nitrogens with one attached hydrogen (secondary N) is 2. The lowest BCUT2D eigenvalue weighted by Crippen LogP contribution is -2.13. The molecule has 6 heteroatoms. The Labute approximate surface area is 134 Å². The van der Waals surface area contributed by atoms with Crippen LogP contribution in [0.5, 0.6) is 0 Å². The Kier molecular flexibility index (Phi) is 3.69. The van der Waals surface area contributed by atoms with Crippen LogP contribution in [0, 0.1) is 13.8 Å². The van der Waals surface area contributed by atoms with E-state index in [1.807, 2.05) is 13.0 Å². The van der Waals surface area contributed by atoms with Gasteiger partial charge in [0.05, 0.1) is 16.1 Å². The highest BCUT2D eigenvalue weighted by atomic mass is 32.2. The van der Waals surface area contributed by atoms with Gasteiger partial charge < -0.3 is 4.98 Å². The first-order chi connectivity index (χ1) is 10.8. The molecule has 5 nitrogen and oxygen atoms in total. The van der Waals surface area contributed by atoms with E-state index in [0.717, 1.165) is 10.9 Å². The molecule has 0 aliphatic heterocycles. The van der Waals surface area contributed by atoms with Gasteiger partial charge in [-0.05, 0) is 55.1 Å². The van der Waals surface area contributed by atoms with Crippen molar-refractivity contribution in [1.82, 2.24) is 4.98 Å². The third-order valence-corrected chi connectivity index (χ3v) is 4.96. The lowest BCUT2D eigenvalue weighted by Gasteiger charge is -2.09. The van der Waals surface area contributed by atoms with Gasteiger partial charge in [0.2, 0.25) is 0 Å². The lowest BCUT2D eigenvalue weighted by molar-refractivity contribution is 0.601. The third kappa shape index (κ3) is 3.12. The summed E-state index contributed by atoms with van der Waals surface area (Å²) >= 11 is 0. The number of aromatic amines is 1. The van der Waals surface area contributed by atoms with Gasteiger partial charge in [0, 0.05) is 5.56 Å². The van der Waals surface area contributed by atoms with E-state index in [4.69, 9.17) is 0 Å². The first-order valence-corrected chi connectivity index (χ1v) is 8.57. The van der Waals surface area contributed by atoms with Gasteiger partial charge in [-0.25, -0.2) is 8.42 Å². The van der Waals surface area contributed by atoms with E-state index in [1.165, 1.54) is 0 Å². The first-order valence-electron chi connectivity index (χ1n) is 7.08. The number of benzene rings is 2. The predicted octanol–water partition coefficient (Wildman–Crippen LogP) is 2.95. The van der Waals surface area contributed by atoms with E-state index >= 15 is 0 Å². The van der Waals surface area contributed by atoms with Crippen LogP contribution in [0.15, 0.2) is 58.2 Å². The van der Waals surface area contributed by atoms with Crippen LogP contribution in [0.25, 0.3) is 10.9 Å². The molecule has 118 valence electrons. The van der Waals surface area contributed by atoms with E-state index < -0.39 is 10.0 Å². The van der Waals surface area contributed by atoms with Crippen LogP contribution in [0.1, 0.15) is 11.1 Å². The highest BCUT2D eigenvalue weighted by Crippen LogP contribution is 2.20. The number of H-pyrrole nitrogens is 1. The second kappa shape index (κ2) is 5.55. The highest BCUT2D eigenvalue weighted by molar-refractivity contribution is 7.92. The molecule has 0 atom stereocenters. The number of fused-ring (bicyclic) bond motifs is 1. The van der Waals surface area contributed by atoms with Gasteiger partial charge in [-0.1, -0.05) is 18.2 Å². The Hall–Kier alpha value is -2.60. The number of aromatic nitrogens is 1. The van der Waals surface area contributed by atoms with E-state index in [1.54, 1.807) is 49.4 Å². The van der Waals surface area contributed by atoms with Crippen molar-refractivity contribution >= 4 is 26.6 Å². The van der Waals surface area contributed by atoms with Crippen LogP contribution >= 0.6 is 0 Å². The smallest absolute Gasteiger partial charge is 0.261 e. The molecule has 0 saturated heterocycles. The normalized spacial score (nSPS) is 11.6. The highest BCUT2D eigenvalue weighted by Gasteiger charge is 2.14. The summed E-state index contributed by atoms with van der Waals surface area (Å²) in [6, 6.07) is 13.5. The fourth-order valence-corrected chi connectivity index (χ4v) is 3.52. The molecule has 1 aromatic heterocycles. The number of aryl methyl sites for hydroxylation is 2. The number of hydrogen-bond acceptors (Lipinski definition) is 3. The van der Waals surface area contributed by atoms with E-state index in [9.17, 15) is 13.2 Å². The number of rotatable bonds is 3. The summed E-state index contributed by atoms with van der Waals surface area (Å²) in [5, 5.41) is 0.848. The first kappa shape index (κ1) is 15.3. The summed E-state index contributed by atoms with van der Waals surface area (Å²) in [7, 11) is -3.66. The average Bonchev–Trinajstić information content (AvgIpc) is 2.48. The van der Waals surface area contributed by atoms with Crippen LogP contribution in [0.3, 0.4) is 0 Å². The van der Waals surface area contributed by atoms with Crippen molar-refractivity contribution in [2.24, 2.45) is 0 Å². The molecule has 3 aromatic rings. The van der Waals surface area contributed by atoms with E-state index in [2.05, 4.69) is 9.71 Å². The fourth-order valence-electron chi connectivity index (χ4n) is 2.37. The molecule has 0 saturated carbocycles. The topological polar surface area (TPSA) is 79.0 Å². The van der Waals surface area contributed by atoms with Gasteiger partial charge in [0.15, 0.2) is 0 Å². The van der Waals surface area contributed by atoms with Crippen LogP contribution in [0.4, 0.5) is 5.69 Å². The molecule has 0 spiro atoms. The summed E-state index contributed by atoms with van der Waals surface area (Å²) in [6.07, 6.45) is 0. The van der Waals surface area contributed by atoms with Gasteiger partial charge in [0.1, 0.15) is 0 Å². The van der Waals surface area contributed by atoms with Gasteiger partial charge in [0.25, 0.3) is 15.6 Å². The maximum atomic E-state index is 12.4. The average molecular weight is 328 g/mol. The molecule has 0 aliphatic carbocycles. The number of anilines is 1. The Morgan fingerprint density at radius 1 is 1.00 bits per heavy atom. The van der Waals surface area contributed by atoms with Crippen molar-refractivity contribution in [2.75, 3.05) is 4.72 Å². The van der Waals surface area contributed by atoms with Gasteiger partial charge in [-0.2, -0.15) is 0 Å². The minimum atomic E-state index is -3.66. The number of pyridine rings is 1. The fraction of sp³-hybridized carbons (Fsp3) is 0.118. The van der Waals surface area contributed by atoms with E-state index in [0.29, 0.717) is 16.8 Å². The minimum Gasteiger partial charge on any atom is -0.322 e. The third-order valence-electron chi connectivity index (χ3n) is 3.58. The summed E-state index contributed by atoms with van der Waals surface area (Å²) in [6.45, 7) is 3.56. The van der Waals surface area contributed by atoms with Crippen molar-refractivity contribution < 1.29 is 8.42 Å². The Bertz CT molecular complexity index is 1050. The molecular formula is C17H16N2O3S. The molecule has 0 fully saturated rings. The standard InChI is InChI=1S/C17H16N2O3S/c1-11-4-3-5-15(8-11)23(21,22)19-14-7-6-13-9-12(2)17(20)18-16(13)10-14/h3-10,19H,1-2H3,(H,18,20). The van der Waals surface area contributed by atoms with Crippen molar-refractivity contribution in [2.45, 2.75) is 18.7 Å². The molecule has 23 heavy (non-hydrogen) atoms. The summed E-state index contributed by atoms with van der Waals surface area (Å²) in [4.78, 5) is 14.6. The van der Waals surface area contributed by atoms with Crippen molar-refractivity contribution in [3.8, 4) is 0 Å². The maximum absolute atomic E-state index is 12.4. The van der Waals surface area contributed by atoms with Crippen molar-refractivity contribution in [3.05, 3.63) is 70.0 Å². The quantitative estimate of drug-likeness (QED) is 0.776. The predicted molar refractivity (Wildman–Crippen MR) is 91.3 cm³/mol. The summed E-state index contributed by atoms with van der Waals surface area (Å²) in [5.74, 6) is 0. The summed E-state index contributed by atoms with van der Waals surface area (Å²) < 4.78 is 27.4. The Balaban J connectivity index is 2.01. The van der Waals surface area contributed by atoms with Gasteiger partial charge >= 0.3 is 0 Å². The summed E-state index contributed by atoms with van der Waals surface area (Å²) in [5.41, 5.74) is 2.29. The lowest BCUT2D eigenvalue weighted by atomic mass is 10.1. The van der Waals surface area contributed by atoms with E-state index in [-0.39, 0.29) is 10.5 Å². The molecule has 1 heterocycles. The van der Waals surface area contributed by atoms with Crippen LogP contribution in [-0.2, 0) is 10.0 Å². The van der Waals surface area contributed by atoms with Gasteiger partial charge in [-0.3, -0.25) is 9.52 Å². The zero-order valence-corrected chi connectivity index (χ0v) is 13.6. The zero-order valence-electron chi connectivity index (χ0n) is 12.8. The molecule has 0 amide bonds. The number of sulfonamides is 1. The molecule has 2 N–H and O–H groups in total. The zero-order chi connectivity index (χ0) is 16.6. The van der Waals surface area contributed by atoms with Crippen molar-refractivity contribution in [1.29, 1.82) is 0 Å². The maximum Gasteiger partial charge on any atom is 0.261 e. The minimum absolute atomic E-state index is 0.184. The SMILES string of the molecule is Cc1cccc(S(=O)(=O)Nc2ccc3cc(C)c(=O)[nH]c3c2)c1. The molecular weight excluding hydrogens is 312 g/mol. The van der Waals surface area contributed by atoms with Crippen LogP contribution in [-0.4, -0.2) is 13.4 Å². The molecule has 0 unspecified atom stereocenters. The second-order valence-electron chi connectivity index (χ2n) is 5.51. The van der Waals surface area contributed by atoms with Crippen molar-refractivity contribution in [3.63, 3.8) is 0 Å². The largest absolute Gasteiger partial charge is 0.322 e. The molecule has 0 radical (unpaired) electrons.